The maximum absolute atomic E-state index is 13.2. The van der Waals surface area contributed by atoms with Crippen LogP contribution in [0.25, 0.3) is 0 Å². The molecule has 2 rings (SSSR count). The normalized spacial score (nSPS) is 18.9. The highest BCUT2D eigenvalue weighted by Crippen LogP contribution is 2.14. The van der Waals surface area contributed by atoms with Crippen LogP contribution in [-0.2, 0) is 9.84 Å². The van der Waals surface area contributed by atoms with E-state index in [1.54, 1.807) is 6.07 Å². The van der Waals surface area contributed by atoms with Crippen molar-refractivity contribution in [1.29, 1.82) is 0 Å². The lowest BCUT2D eigenvalue weighted by atomic mass is 10.2. The van der Waals surface area contributed by atoms with E-state index in [4.69, 9.17) is 0 Å². The van der Waals surface area contributed by atoms with E-state index in [1.165, 1.54) is 12.1 Å². The number of hydrogen-bond donors (Lipinski definition) is 2. The minimum Gasteiger partial charge on any atom is -0.374 e. The Labute approximate surface area is 172 Å². The van der Waals surface area contributed by atoms with Crippen LogP contribution in [0.1, 0.15) is 19.8 Å². The number of benzene rings is 1. The molecule has 0 amide bonds. The van der Waals surface area contributed by atoms with Gasteiger partial charge in [-0.1, -0.05) is 6.07 Å². The number of nitrogens with zero attached hydrogens (tertiary/aromatic N) is 2. The molecule has 1 aliphatic heterocycles. The topological polar surface area (TPSA) is 73.8 Å². The number of guanidine groups is 1. The van der Waals surface area contributed by atoms with Crippen molar-refractivity contribution in [2.75, 3.05) is 43.1 Å². The molecule has 6 nitrogen and oxygen atoms in total. The van der Waals surface area contributed by atoms with Gasteiger partial charge in [0.05, 0.1) is 11.5 Å². The third-order valence-electron chi connectivity index (χ3n) is 4.09. The van der Waals surface area contributed by atoms with Gasteiger partial charge in [0.1, 0.15) is 5.82 Å². The van der Waals surface area contributed by atoms with Crippen molar-refractivity contribution in [1.82, 2.24) is 10.6 Å². The van der Waals surface area contributed by atoms with Crippen LogP contribution >= 0.6 is 24.0 Å². The largest absolute Gasteiger partial charge is 0.374 e. The zero-order valence-corrected chi connectivity index (χ0v) is 18.4. The van der Waals surface area contributed by atoms with Crippen LogP contribution in [0.15, 0.2) is 29.3 Å². The highest BCUT2D eigenvalue weighted by Gasteiger charge is 2.28. The van der Waals surface area contributed by atoms with Gasteiger partial charge in [-0.25, -0.2) is 12.8 Å². The van der Waals surface area contributed by atoms with Gasteiger partial charge in [0.25, 0.3) is 0 Å². The molecule has 0 spiro atoms. The number of nitrogens with one attached hydrogen (secondary N) is 2. The van der Waals surface area contributed by atoms with Crippen LogP contribution in [-0.4, -0.2) is 58.6 Å². The fourth-order valence-corrected chi connectivity index (χ4v) is 4.44. The number of rotatable bonds is 7. The second-order valence-electron chi connectivity index (χ2n) is 6.26. The summed E-state index contributed by atoms with van der Waals surface area (Å²) in [6.07, 6.45) is 1.43. The third kappa shape index (κ3) is 7.65. The van der Waals surface area contributed by atoms with E-state index >= 15 is 0 Å². The summed E-state index contributed by atoms with van der Waals surface area (Å²) in [5.74, 6) is 0.813. The van der Waals surface area contributed by atoms with E-state index in [9.17, 15) is 12.8 Å². The van der Waals surface area contributed by atoms with E-state index in [0.717, 1.165) is 18.7 Å². The van der Waals surface area contributed by atoms with Gasteiger partial charge >= 0.3 is 0 Å². The first-order valence-electron chi connectivity index (χ1n) is 8.61. The molecule has 0 bridgehead atoms. The van der Waals surface area contributed by atoms with Crippen molar-refractivity contribution in [2.24, 2.45) is 4.99 Å². The van der Waals surface area contributed by atoms with Gasteiger partial charge in [0.15, 0.2) is 15.8 Å². The van der Waals surface area contributed by atoms with Gasteiger partial charge in [-0.05, 0) is 38.0 Å². The SMILES string of the molecule is CCNC(=NCCCN(C)c1cccc(F)c1)NC1CCS(=O)(=O)C1.I. The zero-order valence-electron chi connectivity index (χ0n) is 15.2. The first kappa shape index (κ1) is 22.9. The molecular weight excluding hydrogens is 470 g/mol. The van der Waals surface area contributed by atoms with E-state index in [-0.39, 0.29) is 47.3 Å². The van der Waals surface area contributed by atoms with E-state index in [0.29, 0.717) is 25.5 Å². The summed E-state index contributed by atoms with van der Waals surface area (Å²) >= 11 is 0. The molecule has 1 heterocycles. The van der Waals surface area contributed by atoms with Gasteiger partial charge in [0.2, 0.25) is 0 Å². The van der Waals surface area contributed by atoms with Gasteiger partial charge in [0, 0.05) is 38.4 Å². The number of sulfone groups is 1. The molecule has 9 heteroatoms. The Bertz CT molecular complexity index is 700. The first-order chi connectivity index (χ1) is 11.9. The van der Waals surface area contributed by atoms with Gasteiger partial charge in [-0.15, -0.1) is 24.0 Å². The van der Waals surface area contributed by atoms with E-state index in [2.05, 4.69) is 15.6 Å². The molecule has 0 radical (unpaired) electrons. The van der Waals surface area contributed by atoms with Crippen LogP contribution in [0.5, 0.6) is 0 Å². The monoisotopic (exact) mass is 498 g/mol. The Morgan fingerprint density at radius 3 is 2.81 bits per heavy atom. The average Bonchev–Trinajstić information content (AvgIpc) is 2.90. The Morgan fingerprint density at radius 1 is 1.42 bits per heavy atom. The van der Waals surface area contributed by atoms with Crippen molar-refractivity contribution < 1.29 is 12.8 Å². The number of anilines is 1. The summed E-state index contributed by atoms with van der Waals surface area (Å²) in [4.78, 5) is 6.50. The lowest BCUT2D eigenvalue weighted by molar-refractivity contribution is 0.599. The minimum absolute atomic E-state index is 0. The fourth-order valence-electron chi connectivity index (χ4n) is 2.76. The van der Waals surface area contributed by atoms with Crippen LogP contribution in [0.4, 0.5) is 10.1 Å². The second-order valence-corrected chi connectivity index (χ2v) is 8.49. The molecule has 1 atom stereocenters. The van der Waals surface area contributed by atoms with Crippen LogP contribution in [0.2, 0.25) is 0 Å². The van der Waals surface area contributed by atoms with Gasteiger partial charge < -0.3 is 15.5 Å². The maximum atomic E-state index is 13.2. The zero-order chi connectivity index (χ0) is 18.3. The number of hydrogen-bond acceptors (Lipinski definition) is 4. The number of aliphatic imine (C=N–C) groups is 1. The minimum atomic E-state index is -2.91. The van der Waals surface area contributed by atoms with Crippen molar-refractivity contribution in [3.63, 3.8) is 0 Å². The second kappa shape index (κ2) is 10.9. The summed E-state index contributed by atoms with van der Waals surface area (Å²) in [5.41, 5.74) is 0.838. The predicted molar refractivity (Wildman–Crippen MR) is 116 cm³/mol. The maximum Gasteiger partial charge on any atom is 0.191 e. The molecule has 1 aromatic carbocycles. The Balaban J connectivity index is 0.00000338. The summed E-state index contributed by atoms with van der Waals surface area (Å²) in [6.45, 7) is 4.05. The lowest BCUT2D eigenvalue weighted by Gasteiger charge is -2.19. The van der Waals surface area contributed by atoms with E-state index < -0.39 is 9.84 Å². The van der Waals surface area contributed by atoms with Crippen molar-refractivity contribution in [2.45, 2.75) is 25.8 Å². The molecule has 26 heavy (non-hydrogen) atoms. The van der Waals surface area contributed by atoms with Crippen molar-refractivity contribution in [3.05, 3.63) is 30.1 Å². The summed E-state index contributed by atoms with van der Waals surface area (Å²) in [5, 5.41) is 6.34. The highest BCUT2D eigenvalue weighted by atomic mass is 127. The molecule has 2 N–H and O–H groups in total. The third-order valence-corrected chi connectivity index (χ3v) is 5.86. The van der Waals surface area contributed by atoms with Crippen molar-refractivity contribution >= 4 is 45.5 Å². The number of halogens is 2. The molecule has 1 unspecified atom stereocenters. The molecular formula is C17H28FIN4O2S. The molecule has 0 saturated carbocycles. The predicted octanol–water partition coefficient (Wildman–Crippen LogP) is 2.01. The smallest absolute Gasteiger partial charge is 0.191 e. The fraction of sp³-hybridized carbons (Fsp3) is 0.588. The Hall–Kier alpha value is -1.10. The van der Waals surface area contributed by atoms with Crippen LogP contribution in [0, 0.1) is 5.82 Å². The Morgan fingerprint density at radius 2 is 2.19 bits per heavy atom. The van der Waals surface area contributed by atoms with E-state index in [1.807, 2.05) is 24.9 Å². The van der Waals surface area contributed by atoms with Crippen LogP contribution in [0.3, 0.4) is 0 Å². The van der Waals surface area contributed by atoms with Crippen LogP contribution < -0.4 is 15.5 Å². The summed E-state index contributed by atoms with van der Waals surface area (Å²) in [6, 6.07) is 6.44. The summed E-state index contributed by atoms with van der Waals surface area (Å²) < 4.78 is 36.3. The summed E-state index contributed by atoms with van der Waals surface area (Å²) in [7, 11) is -0.987. The lowest BCUT2D eigenvalue weighted by Crippen LogP contribution is -2.44. The molecule has 0 aromatic heterocycles. The van der Waals surface area contributed by atoms with Gasteiger partial charge in [-0.3, -0.25) is 4.99 Å². The molecule has 1 fully saturated rings. The molecule has 0 aliphatic carbocycles. The molecule has 148 valence electrons. The Kier molecular flexibility index (Phi) is 9.62. The molecule has 1 saturated heterocycles. The molecule has 1 aromatic rings. The highest BCUT2D eigenvalue weighted by molar-refractivity contribution is 14.0. The van der Waals surface area contributed by atoms with Gasteiger partial charge in [-0.2, -0.15) is 0 Å². The van der Waals surface area contributed by atoms with Crippen molar-refractivity contribution in [3.8, 4) is 0 Å². The molecule has 1 aliphatic rings. The first-order valence-corrected chi connectivity index (χ1v) is 10.4. The standard InChI is InChI=1S/C17H27FN4O2S.HI/c1-3-19-17(21-15-8-11-25(23,24)13-15)20-9-5-10-22(2)16-7-4-6-14(18)12-16;/h4,6-7,12,15H,3,5,8-11,13H2,1-2H3,(H2,19,20,21);1H. The quantitative estimate of drug-likeness (QED) is 0.261. The average molecular weight is 498 g/mol.